The Morgan fingerprint density at radius 3 is 2.92 bits per heavy atom. The second-order valence-electron chi connectivity index (χ2n) is 5.52. The lowest BCUT2D eigenvalue weighted by Gasteiger charge is -2.33. The topological polar surface area (TPSA) is 114 Å². The first-order valence-electron chi connectivity index (χ1n) is 7.47. The number of esters is 1. The van der Waals surface area contributed by atoms with Crippen molar-refractivity contribution in [3.8, 4) is 6.07 Å². The molecule has 25 heavy (non-hydrogen) atoms. The van der Waals surface area contributed by atoms with E-state index in [1.165, 1.54) is 13.0 Å². The Hall–Kier alpha value is -3.53. The van der Waals surface area contributed by atoms with Crippen molar-refractivity contribution in [1.29, 1.82) is 5.26 Å². The van der Waals surface area contributed by atoms with Crippen LogP contribution in [0.15, 0.2) is 59.7 Å². The molecule has 3 N–H and O–H groups in total. The van der Waals surface area contributed by atoms with Crippen molar-refractivity contribution in [2.24, 2.45) is 5.73 Å². The zero-order chi connectivity index (χ0) is 18.2. The number of allylic oxidation sites excluding steroid dienone is 1. The van der Waals surface area contributed by atoms with E-state index in [0.717, 1.165) is 0 Å². The number of nitrogens with zero attached hydrogens (tertiary/aromatic N) is 1. The Balaban J connectivity index is 2.33. The monoisotopic (exact) mass is 337 g/mol. The van der Waals surface area contributed by atoms with E-state index in [4.69, 9.17) is 15.2 Å². The lowest BCUT2D eigenvalue weighted by Crippen LogP contribution is -2.45. The van der Waals surface area contributed by atoms with Crippen LogP contribution in [0.25, 0.3) is 0 Å². The highest BCUT2D eigenvalue weighted by molar-refractivity contribution is 6.17. The molecule has 0 fully saturated rings. The number of hydrogen-bond donors (Lipinski definition) is 2. The third-order valence-electron chi connectivity index (χ3n) is 4.18. The summed E-state index contributed by atoms with van der Waals surface area (Å²) in [6.45, 7) is 4.95. The molecule has 0 bridgehead atoms. The van der Waals surface area contributed by atoms with Crippen molar-refractivity contribution < 1.29 is 19.1 Å². The van der Waals surface area contributed by atoms with Crippen LogP contribution >= 0.6 is 0 Å². The summed E-state index contributed by atoms with van der Waals surface area (Å²) in [5.74, 6) is -1.43. The molecule has 2 aliphatic rings. The number of nitrogens with one attached hydrogen (secondary N) is 1. The first kappa shape index (κ1) is 16.3. The van der Waals surface area contributed by atoms with Crippen molar-refractivity contribution in [3.05, 3.63) is 65.3 Å². The molecule has 2 aliphatic heterocycles. The van der Waals surface area contributed by atoms with E-state index in [-0.39, 0.29) is 29.4 Å². The SMILES string of the molecule is C=CCOC(=O)C1=C(C)OC(N)=C(C#N)C12C(=O)Nc1ccccc12. The van der Waals surface area contributed by atoms with Crippen LogP contribution in [0.4, 0.5) is 5.69 Å². The van der Waals surface area contributed by atoms with Crippen LogP contribution < -0.4 is 11.1 Å². The summed E-state index contributed by atoms with van der Waals surface area (Å²) < 4.78 is 10.5. The molecule has 1 atom stereocenters. The molecule has 7 nitrogen and oxygen atoms in total. The summed E-state index contributed by atoms with van der Waals surface area (Å²) >= 11 is 0. The molecule has 1 spiro atoms. The number of carbonyl (C=O) groups excluding carboxylic acids is 2. The molecule has 126 valence electrons. The molecule has 3 rings (SSSR count). The molecule has 1 amide bonds. The normalized spacial score (nSPS) is 21.4. The van der Waals surface area contributed by atoms with Crippen LogP contribution in [0.5, 0.6) is 0 Å². The van der Waals surface area contributed by atoms with Crippen LogP contribution in [0, 0.1) is 11.3 Å². The molecule has 0 saturated carbocycles. The Bertz CT molecular complexity index is 907. The van der Waals surface area contributed by atoms with Gasteiger partial charge in [-0.3, -0.25) is 4.79 Å². The fraction of sp³-hybridized carbons (Fsp3) is 0.167. The van der Waals surface area contributed by atoms with Gasteiger partial charge in [-0.2, -0.15) is 5.26 Å². The average Bonchev–Trinajstić information content (AvgIpc) is 2.86. The molecular formula is C18H15N3O4. The summed E-state index contributed by atoms with van der Waals surface area (Å²) in [6, 6.07) is 8.73. The van der Waals surface area contributed by atoms with Crippen molar-refractivity contribution in [2.75, 3.05) is 11.9 Å². The molecule has 0 saturated heterocycles. The second kappa shape index (κ2) is 5.83. The van der Waals surface area contributed by atoms with Gasteiger partial charge < -0.3 is 20.5 Å². The molecular weight excluding hydrogens is 322 g/mol. The number of nitrogens with two attached hydrogens (primary N) is 1. The summed E-state index contributed by atoms with van der Waals surface area (Å²) in [4.78, 5) is 25.7. The predicted molar refractivity (Wildman–Crippen MR) is 88.5 cm³/mol. The Morgan fingerprint density at radius 1 is 1.52 bits per heavy atom. The van der Waals surface area contributed by atoms with Crippen LogP contribution in [-0.4, -0.2) is 18.5 Å². The maximum atomic E-state index is 13.0. The lowest BCUT2D eigenvalue weighted by atomic mass is 9.68. The highest BCUT2D eigenvalue weighted by atomic mass is 16.5. The largest absolute Gasteiger partial charge is 0.458 e. The summed E-state index contributed by atoms with van der Waals surface area (Å²) in [5, 5.41) is 12.4. The van der Waals surface area contributed by atoms with Crippen LogP contribution in [-0.2, 0) is 24.5 Å². The van der Waals surface area contributed by atoms with E-state index in [1.54, 1.807) is 24.3 Å². The van der Waals surface area contributed by atoms with Gasteiger partial charge in [-0.15, -0.1) is 0 Å². The number of anilines is 1. The molecule has 2 heterocycles. The maximum absolute atomic E-state index is 13.0. The van der Waals surface area contributed by atoms with Gasteiger partial charge in [0.05, 0.1) is 0 Å². The van der Waals surface area contributed by atoms with E-state index >= 15 is 0 Å². The number of carbonyl (C=O) groups is 2. The predicted octanol–water partition coefficient (Wildman–Crippen LogP) is 1.60. The summed E-state index contributed by atoms with van der Waals surface area (Å²) in [5.41, 5.74) is 4.90. The molecule has 0 radical (unpaired) electrons. The molecule has 1 unspecified atom stereocenters. The van der Waals surface area contributed by atoms with Gasteiger partial charge in [0, 0.05) is 11.3 Å². The molecule has 1 aromatic carbocycles. The first-order valence-corrected chi connectivity index (χ1v) is 7.47. The van der Waals surface area contributed by atoms with Gasteiger partial charge in [-0.25, -0.2) is 4.79 Å². The highest BCUT2D eigenvalue weighted by Crippen LogP contribution is 2.51. The molecule has 0 aromatic heterocycles. The van der Waals surface area contributed by atoms with Crippen LogP contribution in [0.3, 0.4) is 0 Å². The van der Waals surface area contributed by atoms with Crippen molar-refractivity contribution in [2.45, 2.75) is 12.3 Å². The fourth-order valence-corrected chi connectivity index (χ4v) is 3.24. The van der Waals surface area contributed by atoms with Gasteiger partial charge in [0.1, 0.15) is 29.6 Å². The number of benzene rings is 1. The molecule has 1 aromatic rings. The number of para-hydroxylation sites is 1. The minimum atomic E-state index is -1.70. The van der Waals surface area contributed by atoms with Gasteiger partial charge in [0.2, 0.25) is 11.8 Å². The highest BCUT2D eigenvalue weighted by Gasteiger charge is 2.59. The standard InChI is InChI=1S/C18H15N3O4/c1-3-8-24-16(22)14-10(2)25-15(20)12(9-19)18(14)11-6-4-5-7-13(11)21-17(18)23/h3-7H,1,8,20H2,2H3,(H,21,23). The zero-order valence-electron chi connectivity index (χ0n) is 13.5. The molecule has 7 heteroatoms. The Morgan fingerprint density at radius 2 is 2.24 bits per heavy atom. The van der Waals surface area contributed by atoms with Gasteiger partial charge in [0.25, 0.3) is 0 Å². The van der Waals surface area contributed by atoms with Crippen LogP contribution in [0.1, 0.15) is 12.5 Å². The fourth-order valence-electron chi connectivity index (χ4n) is 3.24. The molecule has 0 aliphatic carbocycles. The van der Waals surface area contributed by atoms with E-state index in [9.17, 15) is 14.9 Å². The smallest absolute Gasteiger partial charge is 0.339 e. The summed E-state index contributed by atoms with van der Waals surface area (Å²) in [7, 11) is 0. The number of rotatable bonds is 3. The number of ether oxygens (including phenoxy) is 2. The number of amides is 1. The van der Waals surface area contributed by atoms with Gasteiger partial charge in [-0.1, -0.05) is 30.9 Å². The van der Waals surface area contributed by atoms with E-state index in [0.29, 0.717) is 11.3 Å². The second-order valence-corrected chi connectivity index (χ2v) is 5.52. The van der Waals surface area contributed by atoms with Gasteiger partial charge >= 0.3 is 5.97 Å². The quantitative estimate of drug-likeness (QED) is 0.639. The van der Waals surface area contributed by atoms with Crippen molar-refractivity contribution in [3.63, 3.8) is 0 Å². The lowest BCUT2D eigenvalue weighted by molar-refractivity contribution is -0.140. The van der Waals surface area contributed by atoms with E-state index in [1.807, 2.05) is 6.07 Å². The zero-order valence-corrected chi connectivity index (χ0v) is 13.5. The number of hydrogen-bond acceptors (Lipinski definition) is 6. The Kier molecular flexibility index (Phi) is 3.81. The number of fused-ring (bicyclic) bond motifs is 2. The van der Waals surface area contributed by atoms with Crippen molar-refractivity contribution >= 4 is 17.6 Å². The third-order valence-corrected chi connectivity index (χ3v) is 4.18. The van der Waals surface area contributed by atoms with E-state index < -0.39 is 17.3 Å². The summed E-state index contributed by atoms with van der Waals surface area (Å²) in [6.07, 6.45) is 1.40. The van der Waals surface area contributed by atoms with Crippen LogP contribution in [0.2, 0.25) is 0 Å². The third kappa shape index (κ3) is 2.11. The first-order chi connectivity index (χ1) is 12.0. The van der Waals surface area contributed by atoms with Gasteiger partial charge in [-0.05, 0) is 13.0 Å². The van der Waals surface area contributed by atoms with Gasteiger partial charge in [0.15, 0.2) is 5.41 Å². The average molecular weight is 337 g/mol. The van der Waals surface area contributed by atoms with E-state index in [2.05, 4.69) is 11.9 Å². The Labute approximate surface area is 144 Å². The minimum absolute atomic E-state index is 0.0456. The maximum Gasteiger partial charge on any atom is 0.339 e. The van der Waals surface area contributed by atoms with Crippen molar-refractivity contribution in [1.82, 2.24) is 0 Å². The minimum Gasteiger partial charge on any atom is -0.458 e. The number of nitriles is 1.